The van der Waals surface area contributed by atoms with Crippen LogP contribution in [0.5, 0.6) is 0 Å². The highest BCUT2D eigenvalue weighted by Gasteiger charge is 2.46. The quantitative estimate of drug-likeness (QED) is 0.702. The zero-order chi connectivity index (χ0) is 22.9. The Hall–Kier alpha value is -2.97. The number of pyridine rings is 1. The van der Waals surface area contributed by atoms with Gasteiger partial charge in [0.15, 0.2) is 5.66 Å². The second kappa shape index (κ2) is 8.88. The number of amidine groups is 1. The fourth-order valence-electron chi connectivity index (χ4n) is 5.09. The molecule has 1 atom stereocenters. The zero-order valence-electron chi connectivity index (χ0n) is 19.7. The number of rotatable bonds is 4. The van der Waals surface area contributed by atoms with E-state index < -0.39 is 5.66 Å². The predicted octanol–water partition coefficient (Wildman–Crippen LogP) is 4.93. The number of nitrogens with zero attached hydrogens (tertiary/aromatic N) is 3. The minimum absolute atomic E-state index is 0.287. The van der Waals surface area contributed by atoms with Crippen LogP contribution in [0.25, 0.3) is 11.1 Å². The van der Waals surface area contributed by atoms with Gasteiger partial charge in [-0.15, -0.1) is 5.92 Å². The molecule has 1 unspecified atom stereocenters. The van der Waals surface area contributed by atoms with Gasteiger partial charge in [0.25, 0.3) is 0 Å². The molecule has 0 spiro atoms. The molecule has 1 aromatic carbocycles. The first-order valence-corrected chi connectivity index (χ1v) is 11.3. The maximum atomic E-state index is 6.30. The van der Waals surface area contributed by atoms with Gasteiger partial charge in [0, 0.05) is 42.1 Å². The summed E-state index contributed by atoms with van der Waals surface area (Å²) in [7, 11) is 1.80. The summed E-state index contributed by atoms with van der Waals surface area (Å²) in [6, 6.07) is 6.56. The summed E-state index contributed by atoms with van der Waals surface area (Å²) >= 11 is 0. The lowest BCUT2D eigenvalue weighted by molar-refractivity contribution is 0.0426. The van der Waals surface area contributed by atoms with Crippen molar-refractivity contribution in [1.29, 1.82) is 0 Å². The summed E-state index contributed by atoms with van der Waals surface area (Å²) in [6.45, 7) is 8.05. The molecule has 0 bridgehead atoms. The van der Waals surface area contributed by atoms with Crippen LogP contribution < -0.4 is 5.73 Å². The van der Waals surface area contributed by atoms with Crippen molar-refractivity contribution >= 4 is 11.5 Å². The molecule has 0 saturated heterocycles. The van der Waals surface area contributed by atoms with Crippen molar-refractivity contribution in [2.45, 2.75) is 65.1 Å². The standard InChI is InChI=1S/C27H32N4O/c1-6-7-21-15-29-16-24(18(21)3)20-9-8-17(2)25(14-20)27(30-19(4)26(28)31-27)22-10-12-23(32-5)13-11-22/h8-9,14-16,22-23H,10-13H2,1-5H3,(H2,28,31). The molecule has 1 fully saturated rings. The molecule has 1 saturated carbocycles. The molecule has 4 rings (SSSR count). The lowest BCUT2D eigenvalue weighted by Crippen LogP contribution is -2.36. The van der Waals surface area contributed by atoms with Gasteiger partial charge in [-0.25, -0.2) is 4.99 Å². The predicted molar refractivity (Wildman–Crippen MR) is 131 cm³/mol. The molecule has 32 heavy (non-hydrogen) atoms. The van der Waals surface area contributed by atoms with E-state index in [1.807, 2.05) is 26.2 Å². The maximum absolute atomic E-state index is 6.30. The lowest BCUT2D eigenvalue weighted by Gasteiger charge is -2.38. The van der Waals surface area contributed by atoms with Crippen LogP contribution >= 0.6 is 0 Å². The molecule has 2 N–H and O–H groups in total. The molecule has 5 nitrogen and oxygen atoms in total. The number of hydrogen-bond donors (Lipinski definition) is 1. The fourth-order valence-corrected chi connectivity index (χ4v) is 5.09. The zero-order valence-corrected chi connectivity index (χ0v) is 19.7. The van der Waals surface area contributed by atoms with E-state index in [-0.39, 0.29) is 5.92 Å². The Morgan fingerprint density at radius 1 is 1.06 bits per heavy atom. The van der Waals surface area contributed by atoms with Gasteiger partial charge < -0.3 is 10.5 Å². The molecule has 2 heterocycles. The van der Waals surface area contributed by atoms with Crippen molar-refractivity contribution in [2.75, 3.05) is 7.11 Å². The Morgan fingerprint density at radius 3 is 2.44 bits per heavy atom. The summed E-state index contributed by atoms with van der Waals surface area (Å²) in [6.07, 6.45) is 8.13. The van der Waals surface area contributed by atoms with Crippen LogP contribution in [0.2, 0.25) is 0 Å². The van der Waals surface area contributed by atoms with Gasteiger partial charge >= 0.3 is 0 Å². The Morgan fingerprint density at radius 2 is 1.81 bits per heavy atom. The number of nitrogens with two attached hydrogens (primary N) is 1. The summed E-state index contributed by atoms with van der Waals surface area (Å²) in [5.41, 5.74) is 13.0. The molecule has 1 aliphatic heterocycles. The molecule has 5 heteroatoms. The molecular weight excluding hydrogens is 396 g/mol. The van der Waals surface area contributed by atoms with Gasteiger partial charge in [0.1, 0.15) is 5.84 Å². The van der Waals surface area contributed by atoms with Crippen molar-refractivity contribution < 1.29 is 4.74 Å². The van der Waals surface area contributed by atoms with E-state index in [4.69, 9.17) is 20.5 Å². The van der Waals surface area contributed by atoms with Crippen LogP contribution in [-0.2, 0) is 10.4 Å². The third kappa shape index (κ3) is 3.84. The minimum Gasteiger partial charge on any atom is -0.382 e. The normalized spacial score (nSPS) is 25.0. The minimum atomic E-state index is -0.671. The van der Waals surface area contributed by atoms with Crippen LogP contribution in [0, 0.1) is 31.6 Å². The summed E-state index contributed by atoms with van der Waals surface area (Å²) in [5, 5.41) is 0. The van der Waals surface area contributed by atoms with Crippen LogP contribution in [0.3, 0.4) is 0 Å². The number of methoxy groups -OCH3 is 1. The van der Waals surface area contributed by atoms with E-state index in [2.05, 4.69) is 48.9 Å². The molecule has 2 aromatic rings. The molecular formula is C27H32N4O. The molecule has 2 aliphatic rings. The molecule has 0 amide bonds. The second-order valence-corrected chi connectivity index (χ2v) is 8.89. The van der Waals surface area contributed by atoms with Crippen molar-refractivity contribution in [3.05, 3.63) is 52.8 Å². The molecule has 166 valence electrons. The summed E-state index contributed by atoms with van der Waals surface area (Å²) in [5.74, 6) is 6.98. The van der Waals surface area contributed by atoms with E-state index >= 15 is 0 Å². The van der Waals surface area contributed by atoms with Gasteiger partial charge in [0.05, 0.1) is 11.8 Å². The number of ether oxygens (including phenoxy) is 1. The summed E-state index contributed by atoms with van der Waals surface area (Å²) < 4.78 is 5.61. The summed E-state index contributed by atoms with van der Waals surface area (Å²) in [4.78, 5) is 14.6. The van der Waals surface area contributed by atoms with Crippen LogP contribution in [0.1, 0.15) is 61.8 Å². The van der Waals surface area contributed by atoms with Crippen molar-refractivity contribution in [3.63, 3.8) is 0 Å². The third-order valence-corrected chi connectivity index (χ3v) is 7.00. The maximum Gasteiger partial charge on any atom is 0.181 e. The van der Waals surface area contributed by atoms with Gasteiger partial charge in [-0.05, 0) is 76.1 Å². The van der Waals surface area contributed by atoms with E-state index in [0.717, 1.165) is 59.2 Å². The largest absolute Gasteiger partial charge is 0.382 e. The van der Waals surface area contributed by atoms with Crippen molar-refractivity contribution in [3.8, 4) is 23.0 Å². The van der Waals surface area contributed by atoms with Gasteiger partial charge in [-0.2, -0.15) is 0 Å². The van der Waals surface area contributed by atoms with Crippen LogP contribution in [0.15, 0.2) is 40.6 Å². The highest BCUT2D eigenvalue weighted by atomic mass is 16.5. The number of aromatic nitrogens is 1. The Bertz CT molecular complexity index is 1130. The molecule has 1 aliphatic carbocycles. The number of aliphatic imine (C=N–C) groups is 2. The monoisotopic (exact) mass is 428 g/mol. The highest BCUT2D eigenvalue weighted by Crippen LogP contribution is 2.47. The van der Waals surface area contributed by atoms with Crippen molar-refractivity contribution in [2.24, 2.45) is 21.6 Å². The Kier molecular flexibility index (Phi) is 6.17. The van der Waals surface area contributed by atoms with E-state index in [9.17, 15) is 0 Å². The average Bonchev–Trinajstić information content (AvgIpc) is 3.11. The first kappa shape index (κ1) is 22.2. The van der Waals surface area contributed by atoms with E-state index in [1.165, 1.54) is 5.56 Å². The third-order valence-electron chi connectivity index (χ3n) is 7.00. The first-order chi connectivity index (χ1) is 15.4. The van der Waals surface area contributed by atoms with Crippen molar-refractivity contribution in [1.82, 2.24) is 4.98 Å². The number of aryl methyl sites for hydroxylation is 1. The van der Waals surface area contributed by atoms with Gasteiger partial charge in [-0.3, -0.25) is 9.98 Å². The van der Waals surface area contributed by atoms with E-state index in [1.54, 1.807) is 7.11 Å². The topological polar surface area (TPSA) is 72.9 Å². The van der Waals surface area contributed by atoms with Crippen LogP contribution in [-0.4, -0.2) is 29.7 Å². The molecule has 0 radical (unpaired) electrons. The fraction of sp³-hybridized carbons (Fsp3) is 0.444. The smallest absolute Gasteiger partial charge is 0.181 e. The number of hydrogen-bond acceptors (Lipinski definition) is 5. The van der Waals surface area contributed by atoms with E-state index in [0.29, 0.717) is 11.9 Å². The highest BCUT2D eigenvalue weighted by molar-refractivity contribution is 6.41. The van der Waals surface area contributed by atoms with Gasteiger partial charge in [-0.1, -0.05) is 18.1 Å². The average molecular weight is 429 g/mol. The second-order valence-electron chi connectivity index (χ2n) is 8.89. The SMILES string of the molecule is CC#Cc1cncc(-c2ccc(C)c(C3(C4CCC(OC)CC4)N=C(C)C(N)=N3)c2)c1C. The number of benzene rings is 1. The Balaban J connectivity index is 1.84. The Labute approximate surface area is 191 Å². The van der Waals surface area contributed by atoms with Crippen LogP contribution in [0.4, 0.5) is 0 Å². The molecule has 1 aromatic heterocycles. The van der Waals surface area contributed by atoms with Gasteiger partial charge in [0.2, 0.25) is 0 Å². The first-order valence-electron chi connectivity index (χ1n) is 11.3. The lowest BCUT2D eigenvalue weighted by atomic mass is 9.74.